The molecule has 1 aliphatic rings. The number of carbonyl (C=O) groups excluding carboxylic acids is 1. The minimum absolute atomic E-state index is 0.210. The second-order valence-electron chi connectivity index (χ2n) is 11.3. The van der Waals surface area contributed by atoms with Crippen molar-refractivity contribution in [2.75, 3.05) is 32.3 Å². The highest BCUT2D eigenvalue weighted by Crippen LogP contribution is 2.43. The fourth-order valence-corrected chi connectivity index (χ4v) is 7.29. The van der Waals surface area contributed by atoms with Crippen LogP contribution in [0.3, 0.4) is 0 Å². The summed E-state index contributed by atoms with van der Waals surface area (Å²) >= 11 is 8.73. The largest absolute Gasteiger partial charge is 0.496 e. The number of hydrogen-bond acceptors (Lipinski definition) is 7. The highest BCUT2D eigenvalue weighted by Gasteiger charge is 2.25. The van der Waals surface area contributed by atoms with Crippen LogP contribution in [0, 0.1) is 0 Å². The summed E-state index contributed by atoms with van der Waals surface area (Å²) in [5, 5.41) is 1.70. The van der Waals surface area contributed by atoms with Gasteiger partial charge >= 0.3 is 5.97 Å². The summed E-state index contributed by atoms with van der Waals surface area (Å²) in [6, 6.07) is 28.6. The molecule has 0 saturated heterocycles. The van der Waals surface area contributed by atoms with Gasteiger partial charge in [-0.2, -0.15) is 4.57 Å². The predicted molar refractivity (Wildman–Crippen MR) is 194 cm³/mol. The van der Waals surface area contributed by atoms with E-state index in [0.717, 1.165) is 66.0 Å². The molecular formula is C39H38ClN2O5S+. The maximum atomic E-state index is 11.8. The smallest absolute Gasteiger partial charge is 0.305 e. The Bertz CT molecular complexity index is 1980. The van der Waals surface area contributed by atoms with Crippen LogP contribution in [0.5, 0.6) is 17.2 Å². The third kappa shape index (κ3) is 7.05. The molecule has 0 radical (unpaired) electrons. The van der Waals surface area contributed by atoms with E-state index >= 15 is 0 Å². The average Bonchev–Trinajstić information content (AvgIpc) is 3.42. The van der Waals surface area contributed by atoms with E-state index in [1.54, 1.807) is 25.6 Å². The van der Waals surface area contributed by atoms with Gasteiger partial charge in [0.25, 0.3) is 5.01 Å². The molecule has 0 N–H and O–H groups in total. The number of ether oxygens (including phenoxy) is 4. The molecule has 1 aromatic heterocycles. The molecule has 0 aliphatic carbocycles. The van der Waals surface area contributed by atoms with E-state index in [1.807, 2.05) is 55.5 Å². The van der Waals surface area contributed by atoms with Crippen molar-refractivity contribution < 1.29 is 28.3 Å². The number of allylic oxidation sites excluding steroid dienone is 2. The first-order valence-electron chi connectivity index (χ1n) is 15.9. The van der Waals surface area contributed by atoms with Crippen molar-refractivity contribution in [2.45, 2.75) is 26.3 Å². The van der Waals surface area contributed by atoms with Gasteiger partial charge in [-0.1, -0.05) is 59.3 Å². The second kappa shape index (κ2) is 15.0. The van der Waals surface area contributed by atoms with Crippen LogP contribution in [0.2, 0.25) is 0 Å². The van der Waals surface area contributed by atoms with Crippen molar-refractivity contribution in [3.8, 4) is 28.4 Å². The van der Waals surface area contributed by atoms with Gasteiger partial charge in [0.15, 0.2) is 0 Å². The number of aryl methyl sites for hydroxylation is 1. The first-order chi connectivity index (χ1) is 23.4. The molecule has 0 unspecified atom stereocenters. The fraction of sp³-hybridized carbons (Fsp3) is 0.231. The van der Waals surface area contributed by atoms with Gasteiger partial charge in [-0.25, -0.2) is 0 Å². The van der Waals surface area contributed by atoms with E-state index in [0.29, 0.717) is 37.8 Å². The Morgan fingerprint density at radius 2 is 1.73 bits per heavy atom. The van der Waals surface area contributed by atoms with Crippen molar-refractivity contribution in [3.63, 3.8) is 0 Å². The van der Waals surface area contributed by atoms with E-state index in [1.165, 1.54) is 0 Å². The number of hydrogen-bond donors (Lipinski definition) is 0. The van der Waals surface area contributed by atoms with Crippen molar-refractivity contribution in [1.29, 1.82) is 0 Å². The number of aromatic nitrogens is 1. The summed E-state index contributed by atoms with van der Waals surface area (Å²) in [4.78, 5) is 13.9. The molecule has 9 heteroatoms. The van der Waals surface area contributed by atoms with Gasteiger partial charge in [-0.3, -0.25) is 4.79 Å². The van der Waals surface area contributed by atoms with E-state index in [4.69, 9.17) is 30.5 Å². The molecule has 1 aliphatic heterocycles. The lowest BCUT2D eigenvalue weighted by molar-refractivity contribution is -0.642. The summed E-state index contributed by atoms with van der Waals surface area (Å²) in [5.41, 5.74) is 7.18. The molecule has 2 heterocycles. The fourth-order valence-electron chi connectivity index (χ4n) is 5.88. The lowest BCUT2D eigenvalue weighted by Gasteiger charge is -2.31. The molecular weight excluding hydrogens is 644 g/mol. The first kappa shape index (κ1) is 33.1. The van der Waals surface area contributed by atoms with Crippen LogP contribution in [0.25, 0.3) is 33.0 Å². The molecule has 0 amide bonds. The van der Waals surface area contributed by atoms with Gasteiger partial charge < -0.3 is 23.8 Å². The maximum Gasteiger partial charge on any atom is 0.305 e. The van der Waals surface area contributed by atoms with E-state index in [9.17, 15) is 4.79 Å². The molecule has 6 rings (SSSR count). The van der Waals surface area contributed by atoms with Crippen molar-refractivity contribution in [2.24, 2.45) is 7.05 Å². The Morgan fingerprint density at radius 3 is 2.46 bits per heavy atom. The van der Waals surface area contributed by atoms with Gasteiger partial charge in [0.2, 0.25) is 5.52 Å². The highest BCUT2D eigenvalue weighted by molar-refractivity contribution is 7.19. The number of esters is 1. The zero-order chi connectivity index (χ0) is 33.6. The quantitative estimate of drug-likeness (QED) is 0.0568. The Kier molecular flexibility index (Phi) is 10.3. The molecule has 0 saturated carbocycles. The number of anilines is 1. The maximum absolute atomic E-state index is 11.8. The molecule has 48 heavy (non-hydrogen) atoms. The lowest BCUT2D eigenvalue weighted by Crippen LogP contribution is -2.29. The number of methoxy groups -OCH3 is 2. The third-order valence-corrected chi connectivity index (χ3v) is 9.71. The SMILES string of the molecule is CCOC(=O)CCCOc1ccc2c(c1)C(=Cc1sc3cc(-c4c(OC)cccc4OC)ccc3[n+]1C)C=C(Cl)N2Cc1ccccc1. The highest BCUT2D eigenvalue weighted by atomic mass is 35.5. The topological polar surface area (TPSA) is 61.1 Å². The molecule has 7 nitrogen and oxygen atoms in total. The van der Waals surface area contributed by atoms with Crippen LogP contribution in [0.1, 0.15) is 35.9 Å². The second-order valence-corrected chi connectivity index (χ2v) is 12.7. The number of benzene rings is 4. The van der Waals surface area contributed by atoms with Crippen molar-refractivity contribution in [1.82, 2.24) is 0 Å². The minimum atomic E-state index is -0.210. The van der Waals surface area contributed by atoms with Gasteiger partial charge in [0, 0.05) is 30.7 Å². The van der Waals surface area contributed by atoms with E-state index in [-0.39, 0.29) is 5.97 Å². The number of halogens is 1. The van der Waals surface area contributed by atoms with Gasteiger partial charge in [0.05, 0.1) is 38.7 Å². The summed E-state index contributed by atoms with van der Waals surface area (Å²) < 4.78 is 25.9. The Labute approximate surface area is 290 Å². The van der Waals surface area contributed by atoms with E-state index < -0.39 is 0 Å². The van der Waals surface area contributed by atoms with Crippen LogP contribution < -0.4 is 23.7 Å². The molecule has 0 bridgehead atoms. The van der Waals surface area contributed by atoms with E-state index in [2.05, 4.69) is 65.1 Å². The predicted octanol–water partition coefficient (Wildman–Crippen LogP) is 8.77. The number of carbonyl (C=O) groups is 1. The Balaban J connectivity index is 1.37. The Hall–Kier alpha value is -4.79. The van der Waals surface area contributed by atoms with Crippen LogP contribution >= 0.6 is 22.9 Å². The average molecular weight is 682 g/mol. The standard InChI is InChI=1S/C39H38ClN2O5S/c1-5-46-38(43)15-10-20-47-29-17-19-31-30(24-29)28(22-36(40)42(31)25-26-11-7-6-8-12-26)23-37-41(2)32-18-16-27(21-35(32)48-37)39-33(44-3)13-9-14-34(39)45-4/h6-9,11-14,16-19,21-24H,5,10,15,20,25H2,1-4H3/q+1. The van der Waals surface area contributed by atoms with Crippen molar-refractivity contribution in [3.05, 3.63) is 112 Å². The monoisotopic (exact) mass is 681 g/mol. The van der Waals surface area contributed by atoms with Crippen LogP contribution in [-0.2, 0) is 23.1 Å². The number of thiazole rings is 1. The molecule has 5 aromatic rings. The normalized spacial score (nSPS) is 13.3. The van der Waals surface area contributed by atoms with Gasteiger partial charge in [-0.05, 0) is 78.6 Å². The lowest BCUT2D eigenvalue weighted by atomic mass is 9.98. The van der Waals surface area contributed by atoms with Crippen LogP contribution in [-0.4, -0.2) is 33.4 Å². The molecule has 0 atom stereocenters. The molecule has 0 spiro atoms. The molecule has 4 aromatic carbocycles. The number of fused-ring (bicyclic) bond motifs is 2. The molecule has 0 fully saturated rings. The van der Waals surface area contributed by atoms with Gasteiger partial charge in [0.1, 0.15) is 34.2 Å². The van der Waals surface area contributed by atoms with Crippen LogP contribution in [0.15, 0.2) is 96.2 Å². The Morgan fingerprint density at radius 1 is 0.958 bits per heavy atom. The summed E-state index contributed by atoms with van der Waals surface area (Å²) in [7, 11) is 5.43. The zero-order valence-corrected chi connectivity index (χ0v) is 29.1. The zero-order valence-electron chi connectivity index (χ0n) is 27.5. The minimum Gasteiger partial charge on any atom is -0.496 e. The third-order valence-electron chi connectivity index (χ3n) is 8.25. The number of rotatable bonds is 12. The summed E-state index contributed by atoms with van der Waals surface area (Å²) in [6.45, 7) is 3.22. The van der Waals surface area contributed by atoms with Gasteiger partial charge in [-0.15, -0.1) is 0 Å². The van der Waals surface area contributed by atoms with Crippen molar-refractivity contribution >= 4 is 56.5 Å². The number of nitrogens with zero attached hydrogens (tertiary/aromatic N) is 2. The first-order valence-corrected chi connectivity index (χ1v) is 17.1. The summed E-state index contributed by atoms with van der Waals surface area (Å²) in [5.74, 6) is 2.04. The molecule has 246 valence electrons. The van der Waals surface area contributed by atoms with Crippen LogP contribution in [0.4, 0.5) is 5.69 Å². The summed E-state index contributed by atoms with van der Waals surface area (Å²) in [6.07, 6.45) is 5.10.